The number of hydrogen-bond donors (Lipinski definition) is 1. The molecule has 0 aliphatic carbocycles. The summed E-state index contributed by atoms with van der Waals surface area (Å²) in [4.78, 5) is 19.2. The van der Waals surface area contributed by atoms with Gasteiger partial charge in [0.05, 0.1) is 33.6 Å². The van der Waals surface area contributed by atoms with Crippen molar-refractivity contribution < 1.29 is 23.1 Å². The van der Waals surface area contributed by atoms with E-state index in [9.17, 15) is 4.79 Å². The smallest absolute Gasteiger partial charge is 0.273 e. The van der Waals surface area contributed by atoms with Crippen LogP contribution in [0.5, 0.6) is 11.5 Å². The van der Waals surface area contributed by atoms with Crippen LogP contribution in [0.3, 0.4) is 0 Å². The van der Waals surface area contributed by atoms with Crippen LogP contribution in [0.2, 0.25) is 0 Å². The molecule has 4 rings (SSSR count). The molecule has 1 amide bonds. The fraction of sp³-hybridized carbons (Fsp3) is 0.259. The normalized spacial score (nSPS) is 11.9. The number of carbonyl (C=O) groups excluding carboxylic acids is 1. The fourth-order valence-corrected chi connectivity index (χ4v) is 3.83. The zero-order chi connectivity index (χ0) is 24.6. The molecule has 182 valence electrons. The van der Waals surface area contributed by atoms with Gasteiger partial charge in [-0.15, -0.1) is 0 Å². The van der Waals surface area contributed by atoms with Gasteiger partial charge in [0.25, 0.3) is 5.91 Å². The molecule has 2 aromatic heterocycles. The summed E-state index contributed by atoms with van der Waals surface area (Å²) >= 11 is 0. The van der Waals surface area contributed by atoms with Crippen LogP contribution in [-0.2, 0) is 19.6 Å². The maximum absolute atomic E-state index is 12.5. The third kappa shape index (κ3) is 6.10. The highest BCUT2D eigenvalue weighted by molar-refractivity contribution is 5.91. The summed E-state index contributed by atoms with van der Waals surface area (Å²) in [5, 5.41) is 2.78. The lowest BCUT2D eigenvalue weighted by molar-refractivity contribution is 0.0943. The molecule has 0 saturated heterocycles. The Morgan fingerprint density at radius 2 is 1.86 bits per heavy atom. The largest absolute Gasteiger partial charge is 0.497 e. The molecule has 8 heteroatoms. The fourth-order valence-electron chi connectivity index (χ4n) is 3.83. The van der Waals surface area contributed by atoms with Crippen LogP contribution in [0.15, 0.2) is 82.0 Å². The van der Waals surface area contributed by atoms with Gasteiger partial charge in [0.1, 0.15) is 23.5 Å². The van der Waals surface area contributed by atoms with Gasteiger partial charge < -0.3 is 23.6 Å². The Morgan fingerprint density at radius 1 is 1.03 bits per heavy atom. The topological polar surface area (TPSA) is 90.0 Å². The van der Waals surface area contributed by atoms with Crippen molar-refractivity contribution in [3.05, 3.63) is 102 Å². The number of amides is 1. The number of ether oxygens (including phenoxy) is 2. The lowest BCUT2D eigenvalue weighted by Crippen LogP contribution is -2.27. The summed E-state index contributed by atoms with van der Waals surface area (Å²) < 4.78 is 22.0. The Balaban J connectivity index is 1.54. The van der Waals surface area contributed by atoms with E-state index >= 15 is 0 Å². The first-order valence-electron chi connectivity index (χ1n) is 11.3. The molecule has 0 fully saturated rings. The zero-order valence-corrected chi connectivity index (χ0v) is 20.1. The van der Waals surface area contributed by atoms with Gasteiger partial charge in [-0.3, -0.25) is 9.69 Å². The number of carbonyl (C=O) groups is 1. The molecule has 35 heavy (non-hydrogen) atoms. The first-order chi connectivity index (χ1) is 17.1. The van der Waals surface area contributed by atoms with E-state index in [0.29, 0.717) is 24.7 Å². The van der Waals surface area contributed by atoms with Crippen molar-refractivity contribution in [1.29, 1.82) is 0 Å². The summed E-state index contributed by atoms with van der Waals surface area (Å²) in [5.41, 5.74) is 2.34. The van der Waals surface area contributed by atoms with Gasteiger partial charge in [0.2, 0.25) is 5.89 Å². The van der Waals surface area contributed by atoms with Crippen LogP contribution in [-0.4, -0.2) is 30.0 Å². The lowest BCUT2D eigenvalue weighted by atomic mass is 10.1. The van der Waals surface area contributed by atoms with Gasteiger partial charge in [-0.2, -0.15) is 0 Å². The number of oxazole rings is 1. The van der Waals surface area contributed by atoms with Crippen molar-refractivity contribution in [2.45, 2.75) is 32.6 Å². The summed E-state index contributed by atoms with van der Waals surface area (Å²) in [7, 11) is 3.29. The van der Waals surface area contributed by atoms with Gasteiger partial charge in [-0.1, -0.05) is 30.3 Å². The number of methoxy groups -OCH3 is 2. The first kappa shape index (κ1) is 24.1. The summed E-state index contributed by atoms with van der Waals surface area (Å²) in [6, 6.07) is 19.5. The van der Waals surface area contributed by atoms with E-state index in [-0.39, 0.29) is 24.2 Å². The number of aromatic nitrogens is 1. The predicted octanol–water partition coefficient (Wildman–Crippen LogP) is 4.98. The van der Waals surface area contributed by atoms with E-state index in [1.807, 2.05) is 36.4 Å². The zero-order valence-electron chi connectivity index (χ0n) is 20.1. The number of rotatable bonds is 11. The van der Waals surface area contributed by atoms with Gasteiger partial charge in [-0.25, -0.2) is 4.98 Å². The van der Waals surface area contributed by atoms with Crippen LogP contribution >= 0.6 is 0 Å². The quantitative estimate of drug-likeness (QED) is 0.327. The standard InChI is InChI=1S/C27H29N3O5/c1-19(20-8-5-4-6-9-20)30(16-21-14-22(32-2)11-12-25(21)33-3)17-26-29-24(18-35-26)27(31)28-15-23-10-7-13-34-23/h4-14,18-19H,15-17H2,1-3H3,(H,28,31)/t19-/m0/s1. The Labute approximate surface area is 204 Å². The second kappa shape index (κ2) is 11.4. The molecule has 1 atom stereocenters. The van der Waals surface area contributed by atoms with Crippen molar-refractivity contribution >= 4 is 5.91 Å². The number of hydrogen-bond acceptors (Lipinski definition) is 7. The van der Waals surface area contributed by atoms with Gasteiger partial charge in [0.15, 0.2) is 5.69 Å². The maximum Gasteiger partial charge on any atom is 0.273 e. The molecule has 2 aromatic carbocycles. The van der Waals surface area contributed by atoms with E-state index in [1.54, 1.807) is 32.6 Å². The van der Waals surface area contributed by atoms with Crippen LogP contribution < -0.4 is 14.8 Å². The Hall–Kier alpha value is -4.04. The van der Waals surface area contributed by atoms with Crippen LogP contribution in [0.25, 0.3) is 0 Å². The monoisotopic (exact) mass is 475 g/mol. The second-order valence-corrected chi connectivity index (χ2v) is 8.06. The van der Waals surface area contributed by atoms with Crippen molar-refractivity contribution in [3.8, 4) is 11.5 Å². The third-order valence-electron chi connectivity index (χ3n) is 5.82. The molecule has 1 N–H and O–H groups in total. The Bertz CT molecular complexity index is 1220. The van der Waals surface area contributed by atoms with E-state index < -0.39 is 0 Å². The molecule has 0 aliphatic heterocycles. The van der Waals surface area contributed by atoms with Crippen LogP contribution in [0.4, 0.5) is 0 Å². The van der Waals surface area contributed by atoms with Gasteiger partial charge in [-0.05, 0) is 42.8 Å². The highest BCUT2D eigenvalue weighted by Gasteiger charge is 2.22. The molecule has 0 bridgehead atoms. The average molecular weight is 476 g/mol. The minimum Gasteiger partial charge on any atom is -0.497 e. The van der Waals surface area contributed by atoms with E-state index in [0.717, 1.165) is 22.6 Å². The van der Waals surface area contributed by atoms with Crippen molar-refractivity contribution in [1.82, 2.24) is 15.2 Å². The van der Waals surface area contributed by atoms with Crippen molar-refractivity contribution in [2.75, 3.05) is 14.2 Å². The SMILES string of the molecule is COc1ccc(OC)c(CN(Cc2nc(C(=O)NCc3ccco3)co2)[C@@H](C)c2ccccc2)c1. The third-order valence-corrected chi connectivity index (χ3v) is 5.82. The number of benzene rings is 2. The molecular formula is C27H29N3O5. The van der Waals surface area contributed by atoms with Crippen molar-refractivity contribution in [2.24, 2.45) is 0 Å². The van der Waals surface area contributed by atoms with Gasteiger partial charge in [0, 0.05) is 18.2 Å². The first-order valence-corrected chi connectivity index (χ1v) is 11.3. The van der Waals surface area contributed by atoms with Crippen LogP contribution in [0, 0.1) is 0 Å². The van der Waals surface area contributed by atoms with Gasteiger partial charge >= 0.3 is 0 Å². The van der Waals surface area contributed by atoms with Crippen molar-refractivity contribution in [3.63, 3.8) is 0 Å². The molecule has 0 radical (unpaired) electrons. The Kier molecular flexibility index (Phi) is 7.84. The molecule has 2 heterocycles. The number of nitrogens with one attached hydrogen (secondary N) is 1. The lowest BCUT2D eigenvalue weighted by Gasteiger charge is -2.29. The molecule has 4 aromatic rings. The van der Waals surface area contributed by atoms with E-state index in [1.165, 1.54) is 6.26 Å². The number of furan rings is 1. The van der Waals surface area contributed by atoms with E-state index in [4.69, 9.17) is 18.3 Å². The van der Waals surface area contributed by atoms with E-state index in [2.05, 4.69) is 34.3 Å². The molecule has 8 nitrogen and oxygen atoms in total. The molecule has 0 aliphatic rings. The minimum atomic E-state index is -0.325. The average Bonchev–Trinajstić information content (AvgIpc) is 3.59. The Morgan fingerprint density at radius 3 is 2.57 bits per heavy atom. The summed E-state index contributed by atoms with van der Waals surface area (Å²) in [6.45, 7) is 3.35. The molecule has 0 unspecified atom stereocenters. The predicted molar refractivity (Wildman–Crippen MR) is 130 cm³/mol. The maximum atomic E-state index is 12.5. The molecule has 0 saturated carbocycles. The summed E-state index contributed by atoms with van der Waals surface area (Å²) in [5.74, 6) is 2.30. The highest BCUT2D eigenvalue weighted by Crippen LogP contribution is 2.30. The molecule has 0 spiro atoms. The number of nitrogens with zero attached hydrogens (tertiary/aromatic N) is 2. The highest BCUT2D eigenvalue weighted by atomic mass is 16.5. The second-order valence-electron chi connectivity index (χ2n) is 8.06. The molecular weight excluding hydrogens is 446 g/mol. The van der Waals surface area contributed by atoms with Crippen LogP contribution in [0.1, 0.15) is 46.2 Å². The summed E-state index contributed by atoms with van der Waals surface area (Å²) in [6.07, 6.45) is 2.94. The minimum absolute atomic E-state index is 0.0373.